The Labute approximate surface area is 105 Å². The molecule has 2 rings (SSSR count). The van der Waals surface area contributed by atoms with Gasteiger partial charge in [-0.25, -0.2) is 4.98 Å². The second-order valence-electron chi connectivity index (χ2n) is 4.37. The quantitative estimate of drug-likeness (QED) is 0.820. The van der Waals surface area contributed by atoms with Crippen molar-refractivity contribution in [2.24, 2.45) is 7.05 Å². The van der Waals surface area contributed by atoms with Gasteiger partial charge in [-0.1, -0.05) is 0 Å². The van der Waals surface area contributed by atoms with E-state index in [0.29, 0.717) is 24.8 Å². The average molecular weight is 258 g/mol. The number of imidazole rings is 1. The van der Waals surface area contributed by atoms with E-state index in [1.165, 1.54) is 0 Å². The van der Waals surface area contributed by atoms with Crippen molar-refractivity contribution in [1.82, 2.24) is 14.9 Å². The maximum absolute atomic E-state index is 12.1. The summed E-state index contributed by atoms with van der Waals surface area (Å²) in [5.41, 5.74) is 0.197. The maximum Gasteiger partial charge on any atom is 0.270 e. The fraction of sp³-hybridized carbons (Fsp3) is 0.636. The van der Waals surface area contributed by atoms with Gasteiger partial charge in [0.15, 0.2) is 0 Å². The predicted octanol–water partition coefficient (Wildman–Crippen LogP) is 0.938. The molecule has 5 nitrogen and oxygen atoms in total. The number of carbonyl (C=O) groups is 1. The van der Waals surface area contributed by atoms with Gasteiger partial charge in [-0.05, 0) is 12.8 Å². The highest BCUT2D eigenvalue weighted by Crippen LogP contribution is 2.22. The molecule has 0 radical (unpaired) electrons. The van der Waals surface area contributed by atoms with Crippen molar-refractivity contribution in [3.8, 4) is 0 Å². The Hall–Kier alpha value is -1.07. The third-order valence-electron chi connectivity index (χ3n) is 3.13. The lowest BCUT2D eigenvalue weighted by molar-refractivity contribution is 0.0431. The Morgan fingerprint density at radius 1 is 1.65 bits per heavy atom. The largest absolute Gasteiger partial charge is 0.381 e. The molecule has 1 amide bonds. The van der Waals surface area contributed by atoms with Crippen LogP contribution in [0.2, 0.25) is 0 Å². The molecule has 1 aliphatic heterocycles. The van der Waals surface area contributed by atoms with Crippen LogP contribution in [0.1, 0.15) is 23.3 Å². The van der Waals surface area contributed by atoms with Gasteiger partial charge in [0.2, 0.25) is 0 Å². The molecule has 1 N–H and O–H groups in total. The molecule has 0 aromatic carbocycles. The van der Waals surface area contributed by atoms with E-state index in [1.807, 2.05) is 0 Å². The molecule has 2 heterocycles. The Bertz CT molecular complexity index is 399. The molecule has 1 aromatic heterocycles. The fourth-order valence-electron chi connectivity index (χ4n) is 1.94. The number of nitrogens with one attached hydrogen (secondary N) is 1. The fourth-order valence-corrected chi connectivity index (χ4v) is 2.27. The second kappa shape index (κ2) is 5.06. The molecule has 0 unspecified atom stereocenters. The van der Waals surface area contributed by atoms with Gasteiger partial charge in [0.25, 0.3) is 5.91 Å². The Balaban J connectivity index is 2.08. The summed E-state index contributed by atoms with van der Waals surface area (Å²) >= 11 is 5.99. The number of aryl methyl sites for hydroxylation is 1. The number of rotatable bonds is 3. The number of amides is 1. The molecule has 0 spiro atoms. The van der Waals surface area contributed by atoms with E-state index >= 15 is 0 Å². The number of ether oxygens (including phenoxy) is 1. The molecule has 1 aromatic rings. The highest BCUT2D eigenvalue weighted by Gasteiger charge is 2.34. The van der Waals surface area contributed by atoms with E-state index in [2.05, 4.69) is 10.3 Å². The molecule has 1 saturated heterocycles. The molecular formula is C11H16ClN3O2. The maximum atomic E-state index is 12.1. The van der Waals surface area contributed by atoms with Crippen LogP contribution in [0.4, 0.5) is 0 Å². The van der Waals surface area contributed by atoms with Crippen LogP contribution in [0.15, 0.2) is 12.5 Å². The van der Waals surface area contributed by atoms with Gasteiger partial charge < -0.3 is 14.6 Å². The Kier molecular flexibility index (Phi) is 3.69. The summed E-state index contributed by atoms with van der Waals surface area (Å²) in [7, 11) is 1.79. The molecule has 0 bridgehead atoms. The number of hydrogen-bond donors (Lipinski definition) is 1. The molecule has 0 atom stereocenters. The summed E-state index contributed by atoms with van der Waals surface area (Å²) < 4.78 is 6.99. The van der Waals surface area contributed by atoms with Crippen LogP contribution < -0.4 is 5.32 Å². The molecule has 1 fully saturated rings. The van der Waals surface area contributed by atoms with E-state index in [1.54, 1.807) is 24.1 Å². The lowest BCUT2D eigenvalue weighted by atomic mass is 9.92. The molecule has 1 aliphatic rings. The van der Waals surface area contributed by atoms with Gasteiger partial charge in [0, 0.05) is 26.1 Å². The summed E-state index contributed by atoms with van der Waals surface area (Å²) in [6.07, 6.45) is 4.66. The Morgan fingerprint density at radius 3 is 2.88 bits per heavy atom. The van der Waals surface area contributed by atoms with Crippen molar-refractivity contribution in [2.75, 3.05) is 19.1 Å². The van der Waals surface area contributed by atoms with Crippen molar-refractivity contribution < 1.29 is 9.53 Å². The zero-order valence-electron chi connectivity index (χ0n) is 9.78. The van der Waals surface area contributed by atoms with E-state index in [-0.39, 0.29) is 11.4 Å². The molecule has 6 heteroatoms. The van der Waals surface area contributed by atoms with Gasteiger partial charge in [-0.2, -0.15) is 0 Å². The third-order valence-corrected chi connectivity index (χ3v) is 3.65. The minimum Gasteiger partial charge on any atom is -0.381 e. The molecule has 0 saturated carbocycles. The lowest BCUT2D eigenvalue weighted by Gasteiger charge is -2.36. The SMILES string of the molecule is Cn1cncc1C(=O)NC1(CCl)CCOCC1. The van der Waals surface area contributed by atoms with Crippen molar-refractivity contribution >= 4 is 17.5 Å². The van der Waals surface area contributed by atoms with Gasteiger partial charge in [-0.15, -0.1) is 11.6 Å². The van der Waals surface area contributed by atoms with E-state index in [0.717, 1.165) is 12.8 Å². The first-order chi connectivity index (χ1) is 8.17. The number of halogens is 1. The van der Waals surface area contributed by atoms with E-state index < -0.39 is 0 Å². The van der Waals surface area contributed by atoms with Gasteiger partial charge in [-0.3, -0.25) is 4.79 Å². The van der Waals surface area contributed by atoms with E-state index in [9.17, 15) is 4.79 Å². The monoisotopic (exact) mass is 257 g/mol. The average Bonchev–Trinajstić information content (AvgIpc) is 2.77. The minimum absolute atomic E-state index is 0.132. The topological polar surface area (TPSA) is 56.2 Å². The highest BCUT2D eigenvalue weighted by atomic mass is 35.5. The number of nitrogens with zero attached hydrogens (tertiary/aromatic N) is 2. The van der Waals surface area contributed by atoms with Gasteiger partial charge in [0.05, 0.1) is 18.1 Å². The lowest BCUT2D eigenvalue weighted by Crippen LogP contribution is -2.53. The van der Waals surface area contributed by atoms with E-state index in [4.69, 9.17) is 16.3 Å². The van der Waals surface area contributed by atoms with Crippen molar-refractivity contribution in [1.29, 1.82) is 0 Å². The zero-order valence-corrected chi connectivity index (χ0v) is 10.5. The van der Waals surface area contributed by atoms with Gasteiger partial charge in [0.1, 0.15) is 5.69 Å². The standard InChI is InChI=1S/C11H16ClN3O2/c1-15-8-13-6-9(15)10(16)14-11(7-12)2-4-17-5-3-11/h6,8H,2-5,7H2,1H3,(H,14,16). The van der Waals surface area contributed by atoms with Crippen LogP contribution in [0.5, 0.6) is 0 Å². The first kappa shape index (κ1) is 12.4. The van der Waals surface area contributed by atoms with Gasteiger partial charge >= 0.3 is 0 Å². The number of hydrogen-bond acceptors (Lipinski definition) is 3. The summed E-state index contributed by atoms with van der Waals surface area (Å²) in [5.74, 6) is 0.271. The van der Waals surface area contributed by atoms with Crippen molar-refractivity contribution in [3.63, 3.8) is 0 Å². The summed E-state index contributed by atoms with van der Waals surface area (Å²) in [6.45, 7) is 1.27. The summed E-state index contributed by atoms with van der Waals surface area (Å²) in [6, 6.07) is 0. The normalized spacial score (nSPS) is 18.9. The summed E-state index contributed by atoms with van der Waals surface area (Å²) in [5, 5.41) is 3.01. The van der Waals surface area contributed by atoms with Crippen LogP contribution in [0.3, 0.4) is 0 Å². The number of alkyl halides is 1. The van der Waals surface area contributed by atoms with Crippen molar-refractivity contribution in [3.05, 3.63) is 18.2 Å². The Morgan fingerprint density at radius 2 is 2.35 bits per heavy atom. The molecule has 17 heavy (non-hydrogen) atoms. The van der Waals surface area contributed by atoms with Crippen LogP contribution in [0.25, 0.3) is 0 Å². The number of carbonyl (C=O) groups excluding carboxylic acids is 1. The van der Waals surface area contributed by atoms with Crippen LogP contribution >= 0.6 is 11.6 Å². The van der Waals surface area contributed by atoms with Crippen LogP contribution in [0, 0.1) is 0 Å². The minimum atomic E-state index is -0.346. The third kappa shape index (κ3) is 2.61. The number of aromatic nitrogens is 2. The highest BCUT2D eigenvalue weighted by molar-refractivity contribution is 6.19. The second-order valence-corrected chi connectivity index (χ2v) is 4.64. The van der Waals surface area contributed by atoms with Crippen LogP contribution in [-0.4, -0.2) is 40.1 Å². The predicted molar refractivity (Wildman–Crippen MR) is 64.2 cm³/mol. The summed E-state index contributed by atoms with van der Waals surface area (Å²) in [4.78, 5) is 16.0. The first-order valence-electron chi connectivity index (χ1n) is 5.59. The molecule has 94 valence electrons. The molecular weight excluding hydrogens is 242 g/mol. The van der Waals surface area contributed by atoms with Crippen molar-refractivity contribution in [2.45, 2.75) is 18.4 Å². The first-order valence-corrected chi connectivity index (χ1v) is 6.13. The van der Waals surface area contributed by atoms with Crippen LogP contribution in [-0.2, 0) is 11.8 Å². The smallest absolute Gasteiger partial charge is 0.270 e. The molecule has 0 aliphatic carbocycles. The zero-order chi connectivity index (χ0) is 12.3.